The van der Waals surface area contributed by atoms with Crippen LogP contribution >= 0.6 is 0 Å². The van der Waals surface area contributed by atoms with Gasteiger partial charge in [0.15, 0.2) is 0 Å². The summed E-state index contributed by atoms with van der Waals surface area (Å²) in [5.74, 6) is 1.65. The Kier molecular flexibility index (Phi) is 7.29. The number of nitrogens with one attached hydrogen (secondary N) is 4. The molecule has 0 spiro atoms. The highest BCUT2D eigenvalue weighted by Gasteiger charge is 2.15. The molecule has 0 saturated carbocycles. The maximum Gasteiger partial charge on any atom is 0.0542 e. The second-order valence-corrected chi connectivity index (χ2v) is 9.33. The molecular weight excluding hydrogens is 368 g/mol. The van der Waals surface area contributed by atoms with E-state index in [9.17, 15) is 0 Å². The van der Waals surface area contributed by atoms with Crippen LogP contribution in [0.5, 0.6) is 0 Å². The van der Waals surface area contributed by atoms with Gasteiger partial charge in [0.1, 0.15) is 0 Å². The van der Waals surface area contributed by atoms with E-state index in [1.54, 1.807) is 0 Å². The van der Waals surface area contributed by atoms with Crippen LogP contribution in [0.1, 0.15) is 47.9 Å². The van der Waals surface area contributed by atoms with Crippen LogP contribution in [-0.2, 0) is 12.8 Å². The third kappa shape index (κ3) is 5.77. The average Bonchev–Trinajstić information content (AvgIpc) is 2.77. The number of hydrazine groups is 1. The van der Waals surface area contributed by atoms with Crippen molar-refractivity contribution in [2.24, 2.45) is 11.8 Å². The van der Waals surface area contributed by atoms with Crippen LogP contribution in [0.4, 0.5) is 11.4 Å². The van der Waals surface area contributed by atoms with E-state index >= 15 is 0 Å². The first-order valence-corrected chi connectivity index (χ1v) is 11.8. The predicted octanol–water partition coefficient (Wildman–Crippen LogP) is 4.83. The van der Waals surface area contributed by atoms with Crippen LogP contribution in [0.15, 0.2) is 36.4 Å². The Labute approximate surface area is 182 Å². The lowest BCUT2D eigenvalue weighted by molar-refractivity contribution is 0.372. The average molecular weight is 407 g/mol. The topological polar surface area (TPSA) is 48.1 Å². The van der Waals surface area contributed by atoms with Crippen molar-refractivity contribution in [2.45, 2.75) is 52.4 Å². The molecule has 2 heterocycles. The van der Waals surface area contributed by atoms with E-state index in [0.29, 0.717) is 0 Å². The molecule has 0 aliphatic carbocycles. The standard InChI is InChI=1S/C26H38N4/c1-19-15-25(5-3-23(19)17-21-7-11-27-12-8-21)29-30-26-6-4-24(20(2)16-26)18-22-9-13-28-14-10-22/h3-6,15-16,21-22,27-30H,7-14,17-18H2,1-2H3. The number of anilines is 2. The van der Waals surface area contributed by atoms with Gasteiger partial charge in [0, 0.05) is 0 Å². The molecule has 2 aromatic rings. The van der Waals surface area contributed by atoms with E-state index in [1.807, 2.05) is 0 Å². The summed E-state index contributed by atoms with van der Waals surface area (Å²) in [6.07, 6.45) is 7.61. The first-order chi connectivity index (χ1) is 14.7. The van der Waals surface area contributed by atoms with E-state index < -0.39 is 0 Å². The molecule has 4 nitrogen and oxygen atoms in total. The highest BCUT2D eigenvalue weighted by atomic mass is 15.4. The van der Waals surface area contributed by atoms with Gasteiger partial charge in [-0.25, -0.2) is 0 Å². The number of benzene rings is 2. The van der Waals surface area contributed by atoms with Gasteiger partial charge in [-0.1, -0.05) is 12.1 Å². The SMILES string of the molecule is Cc1cc(NNc2ccc(CC3CCNCC3)c(C)c2)ccc1CC1CCNCC1. The van der Waals surface area contributed by atoms with E-state index in [2.05, 4.69) is 71.7 Å². The summed E-state index contributed by atoms with van der Waals surface area (Å²) in [5, 5.41) is 6.93. The van der Waals surface area contributed by atoms with Crippen molar-refractivity contribution in [3.63, 3.8) is 0 Å². The molecule has 0 atom stereocenters. The molecular formula is C26H38N4. The third-order valence-electron chi connectivity index (χ3n) is 6.97. The molecule has 162 valence electrons. The van der Waals surface area contributed by atoms with Crippen LogP contribution in [0.25, 0.3) is 0 Å². The summed E-state index contributed by atoms with van der Waals surface area (Å²) >= 11 is 0. The lowest BCUT2D eigenvalue weighted by Crippen LogP contribution is -2.28. The summed E-state index contributed by atoms with van der Waals surface area (Å²) in [5.41, 5.74) is 14.8. The zero-order chi connectivity index (χ0) is 20.8. The minimum Gasteiger partial charge on any atom is -0.317 e. The minimum absolute atomic E-state index is 0.827. The fraction of sp³-hybridized carbons (Fsp3) is 0.538. The van der Waals surface area contributed by atoms with E-state index in [0.717, 1.165) is 23.2 Å². The van der Waals surface area contributed by atoms with Gasteiger partial charge < -0.3 is 21.5 Å². The predicted molar refractivity (Wildman–Crippen MR) is 128 cm³/mol. The van der Waals surface area contributed by atoms with Gasteiger partial charge in [0.05, 0.1) is 11.4 Å². The van der Waals surface area contributed by atoms with E-state index in [1.165, 1.54) is 87.0 Å². The smallest absolute Gasteiger partial charge is 0.0542 e. The van der Waals surface area contributed by atoms with Gasteiger partial charge in [-0.3, -0.25) is 0 Å². The largest absolute Gasteiger partial charge is 0.317 e. The molecule has 0 aromatic heterocycles. The molecule has 2 aliphatic rings. The first kappa shape index (κ1) is 21.2. The Hall–Kier alpha value is -2.04. The molecule has 0 bridgehead atoms. The van der Waals surface area contributed by atoms with Gasteiger partial charge in [-0.2, -0.15) is 0 Å². The van der Waals surface area contributed by atoms with Crippen molar-refractivity contribution in [1.29, 1.82) is 0 Å². The van der Waals surface area contributed by atoms with Crippen LogP contribution in [0.2, 0.25) is 0 Å². The summed E-state index contributed by atoms with van der Waals surface area (Å²) in [6.45, 7) is 9.15. The molecule has 2 aromatic carbocycles. The van der Waals surface area contributed by atoms with Gasteiger partial charge in [0.2, 0.25) is 0 Å². The van der Waals surface area contributed by atoms with Gasteiger partial charge in [-0.05, 0) is 137 Å². The fourth-order valence-corrected chi connectivity index (χ4v) is 4.94. The lowest BCUT2D eigenvalue weighted by Gasteiger charge is -2.24. The number of rotatable bonds is 7. The molecule has 4 rings (SSSR count). The first-order valence-electron chi connectivity index (χ1n) is 11.8. The number of hydrogen-bond acceptors (Lipinski definition) is 4. The maximum atomic E-state index is 3.46. The van der Waals surface area contributed by atoms with Crippen LogP contribution in [0, 0.1) is 25.7 Å². The summed E-state index contributed by atoms with van der Waals surface area (Å²) < 4.78 is 0. The lowest BCUT2D eigenvalue weighted by atomic mass is 9.89. The van der Waals surface area contributed by atoms with Crippen molar-refractivity contribution >= 4 is 11.4 Å². The van der Waals surface area contributed by atoms with E-state index in [4.69, 9.17) is 0 Å². The second-order valence-electron chi connectivity index (χ2n) is 9.33. The molecule has 30 heavy (non-hydrogen) atoms. The summed E-state index contributed by atoms with van der Waals surface area (Å²) in [6, 6.07) is 13.5. The zero-order valence-corrected chi connectivity index (χ0v) is 18.7. The van der Waals surface area contributed by atoms with Gasteiger partial charge in [-0.15, -0.1) is 0 Å². The highest BCUT2D eigenvalue weighted by Crippen LogP contribution is 2.24. The number of aryl methyl sites for hydroxylation is 2. The van der Waals surface area contributed by atoms with Crippen molar-refractivity contribution < 1.29 is 0 Å². The number of piperidine rings is 2. The molecule has 0 radical (unpaired) electrons. The molecule has 2 aliphatic heterocycles. The molecule has 0 unspecified atom stereocenters. The summed E-state index contributed by atoms with van der Waals surface area (Å²) in [7, 11) is 0. The Balaban J connectivity index is 1.31. The van der Waals surface area contributed by atoms with Crippen molar-refractivity contribution in [3.8, 4) is 0 Å². The Morgan fingerprint density at radius 2 is 1.07 bits per heavy atom. The fourth-order valence-electron chi connectivity index (χ4n) is 4.94. The van der Waals surface area contributed by atoms with Crippen molar-refractivity contribution in [3.05, 3.63) is 58.7 Å². The molecule has 4 N–H and O–H groups in total. The number of hydrogen-bond donors (Lipinski definition) is 4. The maximum absolute atomic E-state index is 3.46. The Morgan fingerprint density at radius 1 is 0.667 bits per heavy atom. The summed E-state index contributed by atoms with van der Waals surface area (Å²) in [4.78, 5) is 0. The Morgan fingerprint density at radius 3 is 1.43 bits per heavy atom. The van der Waals surface area contributed by atoms with Gasteiger partial charge >= 0.3 is 0 Å². The molecule has 0 amide bonds. The van der Waals surface area contributed by atoms with Gasteiger partial charge in [0.25, 0.3) is 0 Å². The molecule has 2 saturated heterocycles. The van der Waals surface area contributed by atoms with Crippen LogP contribution < -0.4 is 21.5 Å². The Bertz CT molecular complexity index is 750. The van der Waals surface area contributed by atoms with Crippen molar-refractivity contribution in [1.82, 2.24) is 10.6 Å². The molecule has 4 heteroatoms. The second kappa shape index (κ2) is 10.3. The van der Waals surface area contributed by atoms with Crippen molar-refractivity contribution in [2.75, 3.05) is 37.0 Å². The zero-order valence-electron chi connectivity index (χ0n) is 18.7. The normalized spacial score (nSPS) is 18.3. The van der Waals surface area contributed by atoms with Crippen LogP contribution in [-0.4, -0.2) is 26.2 Å². The highest BCUT2D eigenvalue weighted by molar-refractivity contribution is 5.56. The monoisotopic (exact) mass is 406 g/mol. The third-order valence-corrected chi connectivity index (χ3v) is 6.97. The minimum atomic E-state index is 0.827. The molecule has 2 fully saturated rings. The quantitative estimate of drug-likeness (QED) is 0.498. The van der Waals surface area contributed by atoms with E-state index in [-0.39, 0.29) is 0 Å². The van der Waals surface area contributed by atoms with Crippen LogP contribution in [0.3, 0.4) is 0 Å².